The Kier molecular flexibility index (Phi) is 5.26. The summed E-state index contributed by atoms with van der Waals surface area (Å²) in [4.78, 5) is 28.4. The zero-order chi connectivity index (χ0) is 19.6. The van der Waals surface area contributed by atoms with Gasteiger partial charge in [0.05, 0.1) is 17.3 Å². The lowest BCUT2D eigenvalue weighted by Crippen LogP contribution is -2.52. The van der Waals surface area contributed by atoms with E-state index in [0.717, 1.165) is 22.6 Å². The Hall–Kier alpha value is -3.14. The number of piperazine rings is 1. The average molecular weight is 365 g/mol. The Labute approximate surface area is 158 Å². The van der Waals surface area contributed by atoms with Crippen LogP contribution in [0.25, 0.3) is 0 Å². The summed E-state index contributed by atoms with van der Waals surface area (Å²) < 4.78 is 1.83. The summed E-state index contributed by atoms with van der Waals surface area (Å²) in [6.07, 6.45) is 1.01. The lowest BCUT2D eigenvalue weighted by atomic mass is 10.1. The minimum Gasteiger partial charge on any atom is -0.332 e. The summed E-state index contributed by atoms with van der Waals surface area (Å²) in [5, 5.41) is 13.3. The first-order chi connectivity index (χ1) is 12.9. The number of carbonyl (C=O) groups excluding carboxylic acids is 2. The maximum atomic E-state index is 12.6. The van der Waals surface area contributed by atoms with Crippen LogP contribution in [0.15, 0.2) is 24.3 Å². The number of amides is 2. The van der Waals surface area contributed by atoms with E-state index in [4.69, 9.17) is 5.26 Å². The van der Waals surface area contributed by atoms with Crippen LogP contribution in [-0.2, 0) is 23.1 Å². The molecule has 0 radical (unpaired) electrons. The molecule has 3 rings (SSSR count). The number of nitrogens with zero attached hydrogens (tertiary/aromatic N) is 5. The number of hydrogen-bond acceptors (Lipinski definition) is 4. The second kappa shape index (κ2) is 7.62. The molecule has 0 saturated carbocycles. The first-order valence-electron chi connectivity index (χ1n) is 8.98. The molecule has 27 heavy (non-hydrogen) atoms. The van der Waals surface area contributed by atoms with Gasteiger partial charge in [-0.3, -0.25) is 14.3 Å². The number of rotatable bonds is 4. The molecule has 7 nitrogen and oxygen atoms in total. The molecule has 140 valence electrons. The topological polar surface area (TPSA) is 82.2 Å². The fraction of sp³-hybridized carbons (Fsp3) is 0.400. The highest BCUT2D eigenvalue weighted by Crippen LogP contribution is 2.19. The van der Waals surface area contributed by atoms with Crippen LogP contribution >= 0.6 is 0 Å². The largest absolute Gasteiger partial charge is 0.332 e. The fourth-order valence-corrected chi connectivity index (χ4v) is 3.44. The average Bonchev–Trinajstić information content (AvgIpc) is 2.91. The third-order valence-electron chi connectivity index (χ3n) is 5.13. The fourth-order valence-electron chi connectivity index (χ4n) is 3.44. The number of carbonyl (C=O) groups is 2. The highest BCUT2D eigenvalue weighted by molar-refractivity contribution is 5.98. The molecule has 1 aliphatic rings. The van der Waals surface area contributed by atoms with E-state index in [1.165, 1.54) is 0 Å². The van der Waals surface area contributed by atoms with E-state index in [2.05, 4.69) is 11.2 Å². The molecule has 0 spiro atoms. The highest BCUT2D eigenvalue weighted by Gasteiger charge is 2.28. The zero-order valence-electron chi connectivity index (χ0n) is 15.9. The molecule has 2 aromatic rings. The number of anilines is 1. The van der Waals surface area contributed by atoms with Crippen LogP contribution in [0.2, 0.25) is 0 Å². The van der Waals surface area contributed by atoms with Crippen molar-refractivity contribution in [2.45, 2.75) is 26.7 Å². The Morgan fingerprint density at radius 3 is 2.48 bits per heavy atom. The summed E-state index contributed by atoms with van der Waals surface area (Å²) in [5.41, 5.74) is 4.44. The predicted molar refractivity (Wildman–Crippen MR) is 101 cm³/mol. The molecule has 2 amide bonds. The first-order valence-corrected chi connectivity index (χ1v) is 8.98. The standard InChI is InChI=1S/C20H23N5O2/c1-14-18(15(2)23(3)22-14)8-9-19(26)24-10-11-25(20(27)13-24)17-6-4-16(12-21)5-7-17/h4-7H,8-11,13H2,1-3H3. The van der Waals surface area contributed by atoms with Crippen molar-refractivity contribution in [3.8, 4) is 6.07 Å². The molecule has 2 heterocycles. The van der Waals surface area contributed by atoms with E-state index in [9.17, 15) is 9.59 Å². The molecule has 0 N–H and O–H groups in total. The van der Waals surface area contributed by atoms with Crippen molar-refractivity contribution >= 4 is 17.5 Å². The van der Waals surface area contributed by atoms with Gasteiger partial charge >= 0.3 is 0 Å². The first kappa shape index (κ1) is 18.6. The van der Waals surface area contributed by atoms with Crippen molar-refractivity contribution in [1.82, 2.24) is 14.7 Å². The van der Waals surface area contributed by atoms with Gasteiger partial charge in [-0.05, 0) is 50.1 Å². The van der Waals surface area contributed by atoms with E-state index < -0.39 is 0 Å². The van der Waals surface area contributed by atoms with E-state index in [0.29, 0.717) is 31.5 Å². The summed E-state index contributed by atoms with van der Waals surface area (Å²) in [7, 11) is 1.90. The van der Waals surface area contributed by atoms with Gasteiger partial charge < -0.3 is 9.80 Å². The molecule has 0 atom stereocenters. The van der Waals surface area contributed by atoms with Gasteiger partial charge in [0.15, 0.2) is 0 Å². The molecule has 7 heteroatoms. The SMILES string of the molecule is Cc1nn(C)c(C)c1CCC(=O)N1CCN(c2ccc(C#N)cc2)C(=O)C1. The van der Waals surface area contributed by atoms with Gasteiger partial charge in [0.1, 0.15) is 6.54 Å². The highest BCUT2D eigenvalue weighted by atomic mass is 16.2. The third kappa shape index (κ3) is 3.85. The Bertz CT molecular complexity index is 908. The summed E-state index contributed by atoms with van der Waals surface area (Å²) >= 11 is 0. The quantitative estimate of drug-likeness (QED) is 0.826. The van der Waals surface area contributed by atoms with E-state index in [-0.39, 0.29) is 18.4 Å². The van der Waals surface area contributed by atoms with E-state index in [1.807, 2.05) is 25.6 Å². The Morgan fingerprint density at radius 1 is 1.22 bits per heavy atom. The second-order valence-corrected chi connectivity index (χ2v) is 6.79. The maximum Gasteiger partial charge on any atom is 0.246 e. The monoisotopic (exact) mass is 365 g/mol. The normalized spacial score (nSPS) is 14.4. The molecule has 1 aliphatic heterocycles. The van der Waals surface area contributed by atoms with Crippen LogP contribution in [0.1, 0.15) is 28.9 Å². The molecule has 1 aromatic heterocycles. The van der Waals surface area contributed by atoms with Gasteiger partial charge in [0.2, 0.25) is 11.8 Å². The van der Waals surface area contributed by atoms with Crippen LogP contribution in [0.3, 0.4) is 0 Å². The summed E-state index contributed by atoms with van der Waals surface area (Å²) in [6.45, 7) is 5.01. The number of hydrogen-bond donors (Lipinski definition) is 0. The van der Waals surface area contributed by atoms with Crippen LogP contribution in [0.5, 0.6) is 0 Å². The van der Waals surface area contributed by atoms with Gasteiger partial charge in [-0.2, -0.15) is 10.4 Å². The van der Waals surface area contributed by atoms with Crippen molar-refractivity contribution in [3.05, 3.63) is 46.8 Å². The zero-order valence-corrected chi connectivity index (χ0v) is 15.9. The van der Waals surface area contributed by atoms with E-state index in [1.54, 1.807) is 34.1 Å². The lowest BCUT2D eigenvalue weighted by Gasteiger charge is -2.34. The lowest BCUT2D eigenvalue weighted by molar-refractivity contribution is -0.136. The Balaban J connectivity index is 1.59. The van der Waals surface area contributed by atoms with Crippen LogP contribution in [0.4, 0.5) is 5.69 Å². The van der Waals surface area contributed by atoms with Crippen molar-refractivity contribution in [1.29, 1.82) is 5.26 Å². The number of aromatic nitrogens is 2. The van der Waals surface area contributed by atoms with Gasteiger partial charge in [0.25, 0.3) is 0 Å². The van der Waals surface area contributed by atoms with Crippen LogP contribution in [-0.4, -0.2) is 46.1 Å². The predicted octanol–water partition coefficient (Wildman–Crippen LogP) is 1.72. The second-order valence-electron chi connectivity index (χ2n) is 6.79. The summed E-state index contributed by atoms with van der Waals surface area (Å²) in [5.74, 6) is -0.112. The molecule has 0 aliphatic carbocycles. The van der Waals surface area contributed by atoms with Crippen LogP contribution < -0.4 is 4.90 Å². The molecule has 0 unspecified atom stereocenters. The molecular formula is C20H23N5O2. The molecule has 1 aromatic carbocycles. The number of nitriles is 1. The van der Waals surface area contributed by atoms with Gasteiger partial charge in [-0.15, -0.1) is 0 Å². The number of benzene rings is 1. The molecule has 1 saturated heterocycles. The van der Waals surface area contributed by atoms with Gasteiger partial charge in [0, 0.05) is 37.9 Å². The van der Waals surface area contributed by atoms with Crippen molar-refractivity contribution < 1.29 is 9.59 Å². The van der Waals surface area contributed by atoms with E-state index >= 15 is 0 Å². The maximum absolute atomic E-state index is 12.6. The molecule has 1 fully saturated rings. The van der Waals surface area contributed by atoms with Crippen molar-refractivity contribution in [2.75, 3.05) is 24.5 Å². The van der Waals surface area contributed by atoms with Crippen molar-refractivity contribution in [3.63, 3.8) is 0 Å². The van der Waals surface area contributed by atoms with Gasteiger partial charge in [-0.25, -0.2) is 0 Å². The van der Waals surface area contributed by atoms with Gasteiger partial charge in [-0.1, -0.05) is 0 Å². The molecular weight excluding hydrogens is 342 g/mol. The minimum atomic E-state index is -0.104. The minimum absolute atomic E-state index is 0.00881. The molecule has 0 bridgehead atoms. The van der Waals surface area contributed by atoms with Crippen molar-refractivity contribution in [2.24, 2.45) is 7.05 Å². The van der Waals surface area contributed by atoms with Crippen LogP contribution in [0, 0.1) is 25.2 Å². The third-order valence-corrected chi connectivity index (χ3v) is 5.13. The Morgan fingerprint density at radius 2 is 1.93 bits per heavy atom. The summed E-state index contributed by atoms with van der Waals surface area (Å²) in [6, 6.07) is 8.98. The smallest absolute Gasteiger partial charge is 0.246 e. The number of aryl methyl sites for hydroxylation is 2.